The molecular weight excluding hydrogens is 178 g/mol. The summed E-state index contributed by atoms with van der Waals surface area (Å²) in [6.45, 7) is 3.93. The van der Waals surface area contributed by atoms with Gasteiger partial charge < -0.3 is 0 Å². The van der Waals surface area contributed by atoms with Crippen LogP contribution in [-0.2, 0) is 0 Å². The zero-order chi connectivity index (χ0) is 8.27. The number of hydrogen-bond acceptors (Lipinski definition) is 2. The molecule has 0 saturated carbocycles. The van der Waals surface area contributed by atoms with Gasteiger partial charge in [-0.1, -0.05) is 6.08 Å². The van der Waals surface area contributed by atoms with Crippen LogP contribution in [-0.4, -0.2) is 10.4 Å². The smallest absolute Gasteiger partial charge is 0.0900 e. The van der Waals surface area contributed by atoms with Crippen LogP contribution in [0.2, 0.25) is 0 Å². The van der Waals surface area contributed by atoms with Gasteiger partial charge >= 0.3 is 0 Å². The summed E-state index contributed by atoms with van der Waals surface area (Å²) in [6.07, 6.45) is 5.81. The summed E-state index contributed by atoms with van der Waals surface area (Å²) in [4.78, 5) is 5.28. The summed E-state index contributed by atoms with van der Waals surface area (Å²) in [7, 11) is 0. The van der Waals surface area contributed by atoms with E-state index in [0.717, 1.165) is 9.88 Å². The lowest BCUT2D eigenvalue weighted by molar-refractivity contribution is 1.24. The lowest BCUT2D eigenvalue weighted by atomic mass is 10.4. The molecule has 0 aliphatic heterocycles. The highest BCUT2D eigenvalue weighted by Crippen LogP contribution is 2.13. The predicted molar refractivity (Wildman–Crippen MR) is 51.2 cm³/mol. The van der Waals surface area contributed by atoms with E-state index < -0.39 is 0 Å². The first-order valence-corrected chi connectivity index (χ1v) is 4.68. The largest absolute Gasteiger partial charge is 0.249 e. The molecule has 1 heterocycles. The number of hydrogen-bond donors (Lipinski definition) is 0. The van der Waals surface area contributed by atoms with Crippen LogP contribution in [0.25, 0.3) is 6.08 Å². The molecule has 0 radical (unpaired) electrons. The second-order valence-electron chi connectivity index (χ2n) is 2.32. The van der Waals surface area contributed by atoms with E-state index in [-0.39, 0.29) is 5.38 Å². The standard InChI is InChI=1S/C8H10ClNS/c1-6(9)3-4-8-5-10-7(2)11-8/h3-6H,1-2H3/b4-3+. The fourth-order valence-corrected chi connectivity index (χ4v) is 1.45. The Morgan fingerprint density at radius 3 is 2.91 bits per heavy atom. The van der Waals surface area contributed by atoms with Crippen LogP contribution in [0, 0.1) is 6.92 Å². The molecule has 1 atom stereocenters. The third kappa shape index (κ3) is 3.04. The quantitative estimate of drug-likeness (QED) is 0.649. The van der Waals surface area contributed by atoms with Crippen molar-refractivity contribution in [3.8, 4) is 0 Å². The van der Waals surface area contributed by atoms with Gasteiger partial charge in [0.2, 0.25) is 0 Å². The van der Waals surface area contributed by atoms with Crippen molar-refractivity contribution in [2.75, 3.05) is 0 Å². The Morgan fingerprint density at radius 2 is 2.45 bits per heavy atom. The molecule has 0 spiro atoms. The van der Waals surface area contributed by atoms with Gasteiger partial charge in [0, 0.05) is 16.5 Å². The number of nitrogens with zero attached hydrogens (tertiary/aromatic N) is 1. The minimum absolute atomic E-state index is 0.0948. The summed E-state index contributed by atoms with van der Waals surface area (Å²) in [5.41, 5.74) is 0. The van der Waals surface area contributed by atoms with Gasteiger partial charge in [0.05, 0.1) is 5.01 Å². The van der Waals surface area contributed by atoms with Crippen molar-refractivity contribution in [1.82, 2.24) is 4.98 Å². The highest BCUT2D eigenvalue weighted by Gasteiger charge is 1.93. The van der Waals surface area contributed by atoms with Gasteiger partial charge in [0.15, 0.2) is 0 Å². The first kappa shape index (κ1) is 8.75. The molecule has 0 N–H and O–H groups in total. The van der Waals surface area contributed by atoms with Gasteiger partial charge in [-0.05, 0) is 19.9 Å². The van der Waals surface area contributed by atoms with Crippen molar-refractivity contribution < 1.29 is 0 Å². The van der Waals surface area contributed by atoms with Crippen molar-refractivity contribution in [2.45, 2.75) is 19.2 Å². The number of aryl methyl sites for hydroxylation is 1. The Hall–Kier alpha value is -0.340. The normalized spacial score (nSPS) is 14.1. The molecular formula is C8H10ClNS. The lowest BCUT2D eigenvalue weighted by Crippen LogP contribution is -1.78. The number of aromatic nitrogens is 1. The third-order valence-electron chi connectivity index (χ3n) is 1.16. The SMILES string of the molecule is Cc1ncc(/C=C/C(C)Cl)s1. The van der Waals surface area contributed by atoms with Crippen LogP contribution in [0.15, 0.2) is 12.3 Å². The lowest BCUT2D eigenvalue weighted by Gasteiger charge is -1.87. The maximum absolute atomic E-state index is 5.73. The fraction of sp³-hybridized carbons (Fsp3) is 0.375. The van der Waals surface area contributed by atoms with Crippen LogP contribution in [0.4, 0.5) is 0 Å². The Bertz CT molecular complexity index is 252. The van der Waals surface area contributed by atoms with Crippen molar-refractivity contribution in [2.24, 2.45) is 0 Å². The Morgan fingerprint density at radius 1 is 1.73 bits per heavy atom. The molecule has 0 bridgehead atoms. The van der Waals surface area contributed by atoms with E-state index in [0.29, 0.717) is 0 Å². The third-order valence-corrected chi connectivity index (χ3v) is 2.19. The summed E-state index contributed by atoms with van der Waals surface area (Å²) >= 11 is 7.41. The van der Waals surface area contributed by atoms with Gasteiger partial charge in [-0.25, -0.2) is 4.98 Å². The van der Waals surface area contributed by atoms with Crippen LogP contribution in [0.1, 0.15) is 16.8 Å². The molecule has 1 aromatic heterocycles. The molecule has 1 rings (SSSR count). The molecule has 11 heavy (non-hydrogen) atoms. The van der Waals surface area contributed by atoms with E-state index in [4.69, 9.17) is 11.6 Å². The van der Waals surface area contributed by atoms with Crippen LogP contribution >= 0.6 is 22.9 Å². The van der Waals surface area contributed by atoms with Crippen molar-refractivity contribution in [3.63, 3.8) is 0 Å². The monoisotopic (exact) mass is 187 g/mol. The molecule has 0 saturated heterocycles. The summed E-state index contributed by atoms with van der Waals surface area (Å²) in [6, 6.07) is 0. The molecule has 0 aromatic carbocycles. The highest BCUT2D eigenvalue weighted by molar-refractivity contribution is 7.12. The van der Waals surface area contributed by atoms with Crippen LogP contribution < -0.4 is 0 Å². The zero-order valence-corrected chi connectivity index (χ0v) is 8.12. The van der Waals surface area contributed by atoms with E-state index in [9.17, 15) is 0 Å². The average molecular weight is 188 g/mol. The van der Waals surface area contributed by atoms with E-state index in [1.807, 2.05) is 32.2 Å². The van der Waals surface area contributed by atoms with Crippen LogP contribution in [0.5, 0.6) is 0 Å². The summed E-state index contributed by atoms with van der Waals surface area (Å²) < 4.78 is 0. The zero-order valence-electron chi connectivity index (χ0n) is 6.54. The molecule has 1 unspecified atom stereocenters. The predicted octanol–water partition coefficient (Wildman–Crippen LogP) is 3.09. The molecule has 0 aliphatic carbocycles. The number of allylic oxidation sites excluding steroid dienone is 1. The minimum atomic E-state index is 0.0948. The minimum Gasteiger partial charge on any atom is -0.249 e. The first-order chi connectivity index (χ1) is 5.18. The molecule has 60 valence electrons. The average Bonchev–Trinajstić information content (AvgIpc) is 2.31. The molecule has 1 nitrogen and oxygen atoms in total. The Labute approximate surface area is 75.7 Å². The Kier molecular flexibility index (Phi) is 3.09. The highest BCUT2D eigenvalue weighted by atomic mass is 35.5. The van der Waals surface area contributed by atoms with Gasteiger partial charge in [-0.2, -0.15) is 0 Å². The molecule has 3 heteroatoms. The number of alkyl halides is 1. The maximum atomic E-state index is 5.73. The number of rotatable bonds is 2. The van der Waals surface area contributed by atoms with Crippen molar-refractivity contribution in [3.05, 3.63) is 22.2 Å². The molecule has 0 aliphatic rings. The van der Waals surface area contributed by atoms with Gasteiger partial charge in [0.25, 0.3) is 0 Å². The molecule has 0 amide bonds. The fourth-order valence-electron chi connectivity index (χ4n) is 0.682. The van der Waals surface area contributed by atoms with Crippen molar-refractivity contribution in [1.29, 1.82) is 0 Å². The maximum Gasteiger partial charge on any atom is 0.0900 e. The second-order valence-corrected chi connectivity index (χ2v) is 4.27. The summed E-state index contributed by atoms with van der Waals surface area (Å²) in [5, 5.41) is 1.18. The van der Waals surface area contributed by atoms with Crippen molar-refractivity contribution >= 4 is 29.0 Å². The van der Waals surface area contributed by atoms with E-state index >= 15 is 0 Å². The molecule has 1 aromatic rings. The number of halogens is 1. The second kappa shape index (κ2) is 3.88. The van der Waals surface area contributed by atoms with E-state index in [1.165, 1.54) is 0 Å². The number of thiazole rings is 1. The van der Waals surface area contributed by atoms with E-state index in [2.05, 4.69) is 4.98 Å². The molecule has 0 fully saturated rings. The van der Waals surface area contributed by atoms with Gasteiger partial charge in [-0.3, -0.25) is 0 Å². The van der Waals surface area contributed by atoms with Gasteiger partial charge in [0.1, 0.15) is 0 Å². The Balaban J connectivity index is 2.64. The summed E-state index contributed by atoms with van der Waals surface area (Å²) in [5.74, 6) is 0. The van der Waals surface area contributed by atoms with Crippen LogP contribution in [0.3, 0.4) is 0 Å². The first-order valence-electron chi connectivity index (χ1n) is 3.43. The van der Waals surface area contributed by atoms with Gasteiger partial charge in [-0.15, -0.1) is 22.9 Å². The van der Waals surface area contributed by atoms with E-state index in [1.54, 1.807) is 11.3 Å². The topological polar surface area (TPSA) is 12.9 Å².